The van der Waals surface area contributed by atoms with E-state index in [4.69, 9.17) is 14.2 Å². The molecule has 0 aromatic rings. The second-order valence-electron chi connectivity index (χ2n) is 3.09. The lowest BCUT2D eigenvalue weighted by molar-refractivity contribution is -0.323. The Bertz CT molecular complexity index is 119. The first-order valence-electron chi connectivity index (χ1n) is 5.66. The van der Waals surface area contributed by atoms with Crippen molar-refractivity contribution >= 4 is 9.52 Å². The predicted molar refractivity (Wildman–Crippen MR) is 66.3 cm³/mol. The first-order chi connectivity index (χ1) is 6.74. The average Bonchev–Trinajstić information content (AvgIpc) is 2.16. The standard InChI is InChI=1S/C10H24O3Si.H3N/c1-5-9-14-10(11-6-2,12-7-3)13-8-4;/h5-9,14H2,1-4H3;1H3. The molecule has 0 unspecified atom stereocenters. The van der Waals surface area contributed by atoms with Gasteiger partial charge >= 0.3 is 0 Å². The van der Waals surface area contributed by atoms with E-state index in [0.29, 0.717) is 19.8 Å². The van der Waals surface area contributed by atoms with E-state index in [1.54, 1.807) is 0 Å². The molecule has 4 nitrogen and oxygen atoms in total. The Kier molecular flexibility index (Phi) is 12.3. The van der Waals surface area contributed by atoms with Gasteiger partial charge in [-0.25, -0.2) is 0 Å². The van der Waals surface area contributed by atoms with E-state index >= 15 is 0 Å². The highest BCUT2D eigenvalue weighted by molar-refractivity contribution is 6.38. The molecule has 0 bridgehead atoms. The zero-order valence-corrected chi connectivity index (χ0v) is 12.1. The fourth-order valence-corrected chi connectivity index (χ4v) is 3.23. The first kappa shape index (κ1) is 17.5. The molecule has 0 saturated carbocycles. The first-order valence-corrected chi connectivity index (χ1v) is 7.37. The van der Waals surface area contributed by atoms with E-state index in [2.05, 4.69) is 6.92 Å². The van der Waals surface area contributed by atoms with Gasteiger partial charge in [-0.05, 0) is 20.8 Å². The zero-order valence-electron chi connectivity index (χ0n) is 10.7. The minimum atomic E-state index is -0.658. The van der Waals surface area contributed by atoms with Gasteiger partial charge in [0.05, 0.1) is 0 Å². The Morgan fingerprint density at radius 3 is 1.53 bits per heavy atom. The summed E-state index contributed by atoms with van der Waals surface area (Å²) in [5.74, 6) is 0. The monoisotopic (exact) mass is 237 g/mol. The van der Waals surface area contributed by atoms with Crippen molar-refractivity contribution in [3.8, 4) is 0 Å². The summed E-state index contributed by atoms with van der Waals surface area (Å²) in [7, 11) is -0.481. The highest BCUT2D eigenvalue weighted by Gasteiger charge is 2.31. The van der Waals surface area contributed by atoms with E-state index < -0.39 is 15.1 Å². The van der Waals surface area contributed by atoms with Crippen LogP contribution in [-0.4, -0.2) is 34.9 Å². The topological polar surface area (TPSA) is 62.7 Å². The average molecular weight is 237 g/mol. The summed E-state index contributed by atoms with van der Waals surface area (Å²) < 4.78 is 16.9. The molecule has 0 aliphatic rings. The summed E-state index contributed by atoms with van der Waals surface area (Å²) in [6.45, 7) is 10.1. The maximum atomic E-state index is 5.63. The van der Waals surface area contributed by atoms with Gasteiger partial charge in [-0.1, -0.05) is 19.4 Å². The number of rotatable bonds is 9. The third-order valence-corrected chi connectivity index (χ3v) is 4.21. The van der Waals surface area contributed by atoms with E-state index in [-0.39, 0.29) is 6.15 Å². The Hall–Kier alpha value is 0.0569. The van der Waals surface area contributed by atoms with Crippen LogP contribution in [-0.2, 0) is 14.2 Å². The van der Waals surface area contributed by atoms with Crippen LogP contribution in [0.1, 0.15) is 34.1 Å². The fourth-order valence-electron chi connectivity index (χ4n) is 1.39. The highest BCUT2D eigenvalue weighted by atomic mass is 28.2. The van der Waals surface area contributed by atoms with Crippen molar-refractivity contribution in [1.82, 2.24) is 6.15 Å². The Morgan fingerprint density at radius 1 is 0.867 bits per heavy atom. The van der Waals surface area contributed by atoms with Crippen molar-refractivity contribution in [1.29, 1.82) is 0 Å². The van der Waals surface area contributed by atoms with Crippen LogP contribution in [0.5, 0.6) is 0 Å². The summed E-state index contributed by atoms with van der Waals surface area (Å²) in [4.78, 5) is 0. The third-order valence-electron chi connectivity index (χ3n) is 1.93. The van der Waals surface area contributed by atoms with Crippen molar-refractivity contribution < 1.29 is 14.2 Å². The van der Waals surface area contributed by atoms with Gasteiger partial charge in [0.2, 0.25) is 5.60 Å². The second kappa shape index (κ2) is 10.6. The number of hydrogen-bond donors (Lipinski definition) is 1. The van der Waals surface area contributed by atoms with Crippen LogP contribution in [0.4, 0.5) is 0 Å². The van der Waals surface area contributed by atoms with Crippen LogP contribution in [0.15, 0.2) is 0 Å². The van der Waals surface area contributed by atoms with E-state index in [1.807, 2.05) is 20.8 Å². The molecule has 0 atom stereocenters. The van der Waals surface area contributed by atoms with Gasteiger partial charge in [-0.3, -0.25) is 0 Å². The fraction of sp³-hybridized carbons (Fsp3) is 1.00. The molecule has 0 amide bonds. The van der Waals surface area contributed by atoms with Gasteiger partial charge in [0, 0.05) is 19.8 Å². The predicted octanol–water partition coefficient (Wildman–Crippen LogP) is 1.87. The summed E-state index contributed by atoms with van der Waals surface area (Å²) in [6.07, 6.45) is 1.18. The van der Waals surface area contributed by atoms with Crippen LogP contribution in [0.3, 0.4) is 0 Å². The lowest BCUT2D eigenvalue weighted by Gasteiger charge is -2.32. The largest absolute Gasteiger partial charge is 0.344 e. The second-order valence-corrected chi connectivity index (χ2v) is 5.16. The molecule has 0 aromatic carbocycles. The highest BCUT2D eigenvalue weighted by Crippen LogP contribution is 2.16. The molecule has 0 aliphatic heterocycles. The molecule has 0 aliphatic carbocycles. The van der Waals surface area contributed by atoms with Crippen molar-refractivity contribution in [2.75, 3.05) is 19.8 Å². The quantitative estimate of drug-likeness (QED) is 0.491. The molecular formula is C10H27NO3Si. The Morgan fingerprint density at radius 2 is 1.27 bits per heavy atom. The molecule has 0 saturated heterocycles. The van der Waals surface area contributed by atoms with Gasteiger partial charge in [-0.15, -0.1) is 0 Å². The molecule has 0 heterocycles. The zero-order chi connectivity index (χ0) is 10.9. The molecule has 3 N–H and O–H groups in total. The molecule has 0 aromatic heterocycles. The normalized spacial score (nSPS) is 12.0. The van der Waals surface area contributed by atoms with Crippen LogP contribution >= 0.6 is 0 Å². The van der Waals surface area contributed by atoms with Gasteiger partial charge in [-0.2, -0.15) is 0 Å². The van der Waals surface area contributed by atoms with Crippen LogP contribution in [0, 0.1) is 0 Å². The molecule has 0 radical (unpaired) electrons. The third kappa shape index (κ3) is 7.02. The maximum Gasteiger partial charge on any atom is 0.249 e. The molecular weight excluding hydrogens is 210 g/mol. The van der Waals surface area contributed by atoms with Crippen LogP contribution < -0.4 is 6.15 Å². The van der Waals surface area contributed by atoms with E-state index in [0.717, 1.165) is 0 Å². The van der Waals surface area contributed by atoms with Crippen molar-refractivity contribution in [3.63, 3.8) is 0 Å². The van der Waals surface area contributed by atoms with E-state index in [1.165, 1.54) is 12.5 Å². The summed E-state index contributed by atoms with van der Waals surface area (Å²) in [5.41, 5.74) is -0.658. The summed E-state index contributed by atoms with van der Waals surface area (Å²) in [6, 6.07) is 1.19. The lowest BCUT2D eigenvalue weighted by Crippen LogP contribution is -2.45. The van der Waals surface area contributed by atoms with Crippen LogP contribution in [0.25, 0.3) is 0 Å². The van der Waals surface area contributed by atoms with Gasteiger partial charge in [0.1, 0.15) is 9.52 Å². The van der Waals surface area contributed by atoms with Gasteiger partial charge in [0.25, 0.3) is 0 Å². The molecule has 0 spiro atoms. The Balaban J connectivity index is 0. The number of hydrogen-bond acceptors (Lipinski definition) is 4. The van der Waals surface area contributed by atoms with Crippen molar-refractivity contribution in [2.24, 2.45) is 0 Å². The molecule has 5 heteroatoms. The summed E-state index contributed by atoms with van der Waals surface area (Å²) in [5, 5.41) is 0. The smallest absolute Gasteiger partial charge is 0.249 e. The van der Waals surface area contributed by atoms with E-state index in [9.17, 15) is 0 Å². The molecule has 15 heavy (non-hydrogen) atoms. The van der Waals surface area contributed by atoms with Crippen LogP contribution in [0.2, 0.25) is 6.04 Å². The maximum absolute atomic E-state index is 5.63. The minimum Gasteiger partial charge on any atom is -0.344 e. The van der Waals surface area contributed by atoms with Gasteiger partial charge in [0.15, 0.2) is 0 Å². The molecule has 0 fully saturated rings. The Labute approximate surface area is 96.1 Å². The minimum absolute atomic E-state index is 0. The molecule has 0 rings (SSSR count). The van der Waals surface area contributed by atoms with Crippen molar-refractivity contribution in [3.05, 3.63) is 0 Å². The lowest BCUT2D eigenvalue weighted by atomic mass is 10.6. The van der Waals surface area contributed by atoms with Gasteiger partial charge < -0.3 is 20.4 Å². The number of ether oxygens (including phenoxy) is 3. The SMILES string of the molecule is CCC[SiH2]C(OCC)(OCC)OCC.N. The molecule has 94 valence electrons. The van der Waals surface area contributed by atoms with Crippen molar-refractivity contribution in [2.45, 2.75) is 45.8 Å². The summed E-state index contributed by atoms with van der Waals surface area (Å²) >= 11 is 0.